The zero-order valence-electron chi connectivity index (χ0n) is 23.1. The Morgan fingerprint density at radius 3 is 2.57 bits per heavy atom. The van der Waals surface area contributed by atoms with Crippen molar-refractivity contribution in [2.24, 2.45) is 0 Å². The van der Waals surface area contributed by atoms with Gasteiger partial charge in [-0.15, -0.1) is 5.10 Å². The monoisotopic (exact) mass is 728 g/mol. The molecule has 0 radical (unpaired) electrons. The van der Waals surface area contributed by atoms with Crippen molar-refractivity contribution in [3.63, 3.8) is 0 Å². The molecule has 2 saturated heterocycles. The van der Waals surface area contributed by atoms with Gasteiger partial charge >= 0.3 is 19.7 Å². The van der Waals surface area contributed by atoms with Crippen molar-refractivity contribution in [1.29, 1.82) is 0 Å². The molecule has 17 nitrogen and oxygen atoms in total. The van der Waals surface area contributed by atoms with Gasteiger partial charge in [-0.2, -0.15) is 13.2 Å². The van der Waals surface area contributed by atoms with Gasteiger partial charge in [0.05, 0.1) is 42.8 Å². The summed E-state index contributed by atoms with van der Waals surface area (Å²) in [4.78, 5) is 32.7. The predicted molar refractivity (Wildman–Crippen MR) is 157 cm³/mol. The Bertz CT molecular complexity index is 1850. The molecule has 2 aliphatic rings. The number of anilines is 1. The normalized spacial score (nSPS) is 28.2. The van der Waals surface area contributed by atoms with Crippen LogP contribution in [0.25, 0.3) is 22.2 Å². The van der Waals surface area contributed by atoms with Crippen LogP contribution in [0.2, 0.25) is 0 Å². The molecule has 2 fully saturated rings. The molecule has 250 valence electrons. The predicted octanol–water partition coefficient (Wildman–Crippen LogP) is 2.47. The number of rotatable bonds is 10. The maximum absolute atomic E-state index is 13.4. The van der Waals surface area contributed by atoms with Crippen molar-refractivity contribution < 1.29 is 55.7 Å². The molecule has 0 spiro atoms. The number of nitrogens with zero attached hydrogens (tertiary/aromatic N) is 7. The number of fused-ring (bicyclic) bond motifs is 2. The van der Waals surface area contributed by atoms with Crippen LogP contribution in [0.15, 0.2) is 30.9 Å². The highest BCUT2D eigenvalue weighted by atomic mass is 32.7. The van der Waals surface area contributed by atoms with Gasteiger partial charge in [-0.1, -0.05) is 23.5 Å². The number of ether oxygens (including phenoxy) is 2. The van der Waals surface area contributed by atoms with Gasteiger partial charge < -0.3 is 39.1 Å². The lowest BCUT2D eigenvalue weighted by molar-refractivity contribution is -0.136. The van der Waals surface area contributed by atoms with Crippen LogP contribution in [0.5, 0.6) is 0 Å². The van der Waals surface area contributed by atoms with Gasteiger partial charge in [-0.3, -0.25) is 9.09 Å². The Labute approximate surface area is 266 Å². The quantitative estimate of drug-likeness (QED) is 0.117. The highest BCUT2D eigenvalue weighted by Crippen LogP contribution is 2.51. The third-order valence-electron chi connectivity index (χ3n) is 7.24. The van der Waals surface area contributed by atoms with Gasteiger partial charge in [-0.05, 0) is 23.9 Å². The lowest BCUT2D eigenvalue weighted by Crippen LogP contribution is -2.29. The van der Waals surface area contributed by atoms with Crippen LogP contribution in [0, 0.1) is 0 Å². The number of aliphatic hydroxyl groups excluding tert-OH is 1. The highest BCUT2D eigenvalue weighted by molar-refractivity contribution is 8.44. The van der Waals surface area contributed by atoms with Crippen molar-refractivity contribution in [2.75, 3.05) is 18.9 Å². The number of aliphatic hydroxyl groups is 1. The van der Waals surface area contributed by atoms with E-state index >= 15 is 0 Å². The molecule has 2 aliphatic heterocycles. The Morgan fingerprint density at radius 2 is 1.83 bits per heavy atom. The number of nitrogens with two attached hydrogens (primary N) is 1. The van der Waals surface area contributed by atoms with Crippen LogP contribution in [0.3, 0.4) is 0 Å². The zero-order chi connectivity index (χ0) is 33.0. The van der Waals surface area contributed by atoms with E-state index in [9.17, 15) is 32.6 Å². The summed E-state index contributed by atoms with van der Waals surface area (Å²) in [5.74, 6) is 0.131. The molecule has 6 rings (SSSR count). The van der Waals surface area contributed by atoms with Gasteiger partial charge in [-0.25, -0.2) is 24.2 Å². The van der Waals surface area contributed by atoms with Gasteiger partial charge in [0.1, 0.15) is 35.8 Å². The molecule has 0 amide bonds. The van der Waals surface area contributed by atoms with E-state index in [-0.39, 0.29) is 29.7 Å². The average molecular weight is 729 g/mol. The smallest absolute Gasteiger partial charge is 0.390 e. The van der Waals surface area contributed by atoms with E-state index in [1.54, 1.807) is 0 Å². The molecule has 2 unspecified atom stereocenters. The molecule has 24 heteroatoms. The van der Waals surface area contributed by atoms with Crippen molar-refractivity contribution in [3.05, 3.63) is 36.4 Å². The van der Waals surface area contributed by atoms with Crippen LogP contribution in [0.1, 0.15) is 30.9 Å². The molecule has 46 heavy (non-hydrogen) atoms. The first kappa shape index (κ1) is 33.6. The molecular weight excluding hydrogens is 703 g/mol. The molecule has 0 aliphatic carbocycles. The van der Waals surface area contributed by atoms with Crippen molar-refractivity contribution in [2.45, 2.75) is 55.9 Å². The lowest BCUT2D eigenvalue weighted by Gasteiger charge is -2.25. The van der Waals surface area contributed by atoms with E-state index < -0.39 is 75.3 Å². The minimum absolute atomic E-state index is 0.0257. The Kier molecular flexibility index (Phi) is 9.20. The molecule has 5 heterocycles. The Hall–Kier alpha value is -2.33. The minimum Gasteiger partial charge on any atom is -0.390 e. The summed E-state index contributed by atoms with van der Waals surface area (Å²) in [7, 11) is 0. The first-order valence-corrected chi connectivity index (χ1v) is 18.6. The second-order valence-electron chi connectivity index (χ2n) is 10.3. The van der Waals surface area contributed by atoms with E-state index in [1.807, 2.05) is 0 Å². The fraction of sp³-hybridized carbons (Fsp3) is 0.500. The maximum Gasteiger partial charge on any atom is 0.418 e. The topological polar surface area (TPSA) is 224 Å². The highest BCUT2D eigenvalue weighted by Gasteiger charge is 2.43. The molecule has 3 aromatic heterocycles. The van der Waals surface area contributed by atoms with E-state index in [0.717, 1.165) is 10.7 Å². The molecule has 0 saturated carbocycles. The zero-order valence-corrected chi connectivity index (χ0v) is 26.6. The van der Waals surface area contributed by atoms with Crippen LogP contribution >= 0.6 is 25.8 Å². The van der Waals surface area contributed by atoms with Crippen molar-refractivity contribution in [1.82, 2.24) is 34.5 Å². The van der Waals surface area contributed by atoms with Crippen LogP contribution < -0.4 is 5.73 Å². The van der Waals surface area contributed by atoms with Gasteiger partial charge in [0.15, 0.2) is 17.7 Å². The molecule has 4 aromatic rings. The van der Waals surface area contributed by atoms with Crippen molar-refractivity contribution >= 4 is 65.6 Å². The number of halogens is 3. The first-order valence-electron chi connectivity index (χ1n) is 13.3. The summed E-state index contributed by atoms with van der Waals surface area (Å²) in [5, 5.41) is 18.1. The average Bonchev–Trinajstić information content (AvgIpc) is 3.74. The second kappa shape index (κ2) is 12.6. The maximum atomic E-state index is 13.4. The van der Waals surface area contributed by atoms with Crippen molar-refractivity contribution in [3.8, 4) is 0 Å². The summed E-state index contributed by atoms with van der Waals surface area (Å²) in [5.41, 5.74) is 5.20. The van der Waals surface area contributed by atoms with E-state index in [1.165, 1.54) is 29.4 Å². The number of hydrogen-bond donors (Lipinski definition) is 5. The fourth-order valence-corrected chi connectivity index (χ4v) is 7.19. The molecule has 8 atom stereocenters. The van der Waals surface area contributed by atoms with Gasteiger partial charge in [0.2, 0.25) is 0 Å². The van der Waals surface area contributed by atoms with Crippen LogP contribution in [0.4, 0.5) is 19.0 Å². The van der Waals surface area contributed by atoms with Crippen LogP contribution in [-0.4, -0.2) is 87.0 Å². The van der Waals surface area contributed by atoms with E-state index in [4.69, 9.17) is 40.6 Å². The molecule has 0 bridgehead atoms. The van der Waals surface area contributed by atoms with E-state index in [0.29, 0.717) is 11.2 Å². The Balaban J connectivity index is 1.13. The third kappa shape index (κ3) is 7.08. The number of benzene rings is 1. The molecule has 1 aromatic carbocycles. The largest absolute Gasteiger partial charge is 0.418 e. The summed E-state index contributed by atoms with van der Waals surface area (Å²) in [6.45, 7) is -9.27. The number of alkyl halides is 3. The fourth-order valence-electron chi connectivity index (χ4n) is 5.17. The van der Waals surface area contributed by atoms with E-state index in [2.05, 4.69) is 37.5 Å². The van der Waals surface area contributed by atoms with Gasteiger partial charge in [0, 0.05) is 12.8 Å². The number of hydrogen-bond acceptors (Lipinski definition) is 14. The minimum atomic E-state index is -4.65. The molecular formula is C22H25F3N8O9P2S2. The molecule has 5 N–H and O–H groups in total. The first-order chi connectivity index (χ1) is 21.6. The number of imidazole rings is 1. The summed E-state index contributed by atoms with van der Waals surface area (Å²) < 4.78 is 82.5. The SMILES string of the molecule is Nc1ncnc2c1ncn2[C@H]1C[C@H](OP(O)(=S)OC[C@H]2O[C@@H](n3nnc4c(C(F)(F)F)cccc43)C[C@@H]2O)[C@@H](COP(=O)(O)S)O1. The third-order valence-corrected chi connectivity index (χ3v) is 9.66. The summed E-state index contributed by atoms with van der Waals surface area (Å²) in [6, 6.07) is 3.48. The second-order valence-corrected chi connectivity index (χ2v) is 15.8. The number of nitrogen functional groups attached to an aromatic ring is 1. The van der Waals surface area contributed by atoms with Gasteiger partial charge in [0.25, 0.3) is 0 Å². The summed E-state index contributed by atoms with van der Waals surface area (Å²) >= 11 is 8.70. The number of aromatic nitrogens is 7. The Morgan fingerprint density at radius 1 is 1.09 bits per heavy atom. The van der Waals surface area contributed by atoms with Crippen LogP contribution in [-0.2, 0) is 45.6 Å². The standard InChI is InChI=1S/C22H25F3N8O9P2S2/c23-22(24,25)10-2-1-3-11-18(10)30-31-33(11)17-4-12(34)14(40-17)6-39-44(37,46)42-13-5-16(41-15(13)7-38-43(35,36)45)32-9-29-19-20(26)27-8-28-21(19)32/h1-3,8-9,12-17,34H,4-7H2,(H,37,46)(H2,26,27,28)(H2,35,36,45)/t12-,13-,14+,15+,16+,17+,44?/m0/s1. The number of thiol groups is 1. The lowest BCUT2D eigenvalue weighted by atomic mass is 10.1. The summed E-state index contributed by atoms with van der Waals surface area (Å²) in [6.07, 6.45) is -8.23.